The third kappa shape index (κ3) is 3.75. The molecule has 0 spiro atoms. The van der Waals surface area contributed by atoms with Gasteiger partial charge >= 0.3 is 248 Å². The second-order valence-corrected chi connectivity index (χ2v) is 11.3. The number of aromatic nitrogens is 8. The number of nitrogens with zero attached hydrogens (tertiary/aromatic N) is 7. The molecular weight excluding hydrogens is 601 g/mol. The van der Waals surface area contributed by atoms with E-state index in [1.165, 1.54) is 0 Å². The van der Waals surface area contributed by atoms with E-state index in [0.29, 0.717) is 61.2 Å². The SMILES string of the molecule is O=[N+]([O-])[Co][c]1cccc2c3nc4nc(nc5[nH]c(nc6nc(nc([nH]3)c12)-c1ccccc1-6)c1ccccc51)-c1ccccc1-4. The average Bonchev–Trinajstić information content (AvgIpc) is 3.77. The van der Waals surface area contributed by atoms with Gasteiger partial charge in [0.1, 0.15) is 0 Å². The summed E-state index contributed by atoms with van der Waals surface area (Å²) in [6, 6.07) is 28.8. The fourth-order valence-corrected chi connectivity index (χ4v) is 6.52. The minimum absolute atomic E-state index is 0.0312. The van der Waals surface area contributed by atoms with Crippen molar-refractivity contribution in [1.29, 1.82) is 0 Å². The zero-order chi connectivity index (χ0) is 29.4. The first-order chi connectivity index (χ1) is 21.6. The Morgan fingerprint density at radius 3 is 1.41 bits per heavy atom. The Morgan fingerprint density at radius 2 is 0.909 bits per heavy atom. The number of nitrogens with one attached hydrogen (secondary N) is 2. The normalized spacial score (nSPS) is 12.0. The van der Waals surface area contributed by atoms with Crippen LogP contribution in [0.3, 0.4) is 0 Å². The fraction of sp³-hybridized carbons (Fsp3) is 0. The zero-order valence-corrected chi connectivity index (χ0v) is 23.5. The van der Waals surface area contributed by atoms with Crippen molar-refractivity contribution in [3.8, 4) is 45.6 Å². The van der Waals surface area contributed by atoms with Crippen LogP contribution in [0.2, 0.25) is 0 Å². The molecule has 2 aliphatic heterocycles. The fourth-order valence-electron chi connectivity index (χ4n) is 5.76. The second-order valence-electron chi connectivity index (χ2n) is 10.2. The molecule has 0 atom stereocenters. The molecule has 0 amide bonds. The third-order valence-electron chi connectivity index (χ3n) is 7.65. The van der Waals surface area contributed by atoms with Gasteiger partial charge in [0.25, 0.3) is 0 Å². The van der Waals surface area contributed by atoms with Gasteiger partial charge in [-0.05, 0) is 0 Å². The summed E-state index contributed by atoms with van der Waals surface area (Å²) in [5.41, 5.74) is 5.42. The van der Waals surface area contributed by atoms with Crippen LogP contribution < -0.4 is 4.50 Å². The maximum absolute atomic E-state index is 11.6. The van der Waals surface area contributed by atoms with E-state index in [4.69, 9.17) is 29.9 Å². The predicted octanol–water partition coefficient (Wildman–Crippen LogP) is 5.77. The molecule has 0 aliphatic carbocycles. The number of rotatable bonds is 2. The first-order valence-corrected chi connectivity index (χ1v) is 14.6. The molecular formula is C32H17CoN9O2. The van der Waals surface area contributed by atoms with Gasteiger partial charge in [-0.3, -0.25) is 0 Å². The summed E-state index contributed by atoms with van der Waals surface area (Å²) >= 11 is -0.0312. The summed E-state index contributed by atoms with van der Waals surface area (Å²) < 4.78 is 0.107. The van der Waals surface area contributed by atoms with Crippen LogP contribution >= 0.6 is 0 Å². The van der Waals surface area contributed by atoms with Gasteiger partial charge in [-0.15, -0.1) is 0 Å². The summed E-state index contributed by atoms with van der Waals surface area (Å²) in [5, 5.41) is 14.7. The predicted molar refractivity (Wildman–Crippen MR) is 163 cm³/mol. The number of fused-ring (bicyclic) bond motifs is 20. The van der Waals surface area contributed by atoms with Gasteiger partial charge in [-0.1, -0.05) is 6.07 Å². The summed E-state index contributed by atoms with van der Waals surface area (Å²) in [5.74, 6) is 1.91. The molecule has 0 unspecified atom stereocenters. The third-order valence-corrected chi connectivity index (χ3v) is 8.53. The Kier molecular flexibility index (Phi) is 5.24. The summed E-state index contributed by atoms with van der Waals surface area (Å²) in [6.45, 7) is 0. The van der Waals surface area contributed by atoms with E-state index in [-0.39, 0.29) is 18.9 Å². The minimum atomic E-state index is -0.379. The van der Waals surface area contributed by atoms with Crippen LogP contribution in [-0.4, -0.2) is 43.8 Å². The number of hydrogen-bond acceptors (Lipinski definition) is 8. The van der Waals surface area contributed by atoms with Crippen molar-refractivity contribution in [3.05, 3.63) is 101 Å². The van der Waals surface area contributed by atoms with Crippen molar-refractivity contribution in [1.82, 2.24) is 39.9 Å². The van der Waals surface area contributed by atoms with Gasteiger partial charge in [0.15, 0.2) is 0 Å². The maximum atomic E-state index is 11.6. The van der Waals surface area contributed by atoms with Crippen molar-refractivity contribution in [3.63, 3.8) is 0 Å². The zero-order valence-electron chi connectivity index (χ0n) is 22.4. The van der Waals surface area contributed by atoms with Gasteiger partial charge in [0.2, 0.25) is 0 Å². The topological polar surface area (TPSA) is 152 Å². The number of nitro groups is 1. The van der Waals surface area contributed by atoms with Gasteiger partial charge in [0.05, 0.1) is 0 Å². The van der Waals surface area contributed by atoms with Gasteiger partial charge in [-0.25, -0.2) is 0 Å². The van der Waals surface area contributed by atoms with Crippen LogP contribution in [0.4, 0.5) is 0 Å². The van der Waals surface area contributed by atoms with E-state index >= 15 is 0 Å². The molecule has 0 radical (unpaired) electrons. The number of benzene rings is 4. The molecule has 44 heavy (non-hydrogen) atoms. The van der Waals surface area contributed by atoms with Crippen molar-refractivity contribution in [2.24, 2.45) is 0 Å². The Morgan fingerprint density at radius 1 is 0.500 bits per heavy atom. The Balaban J connectivity index is 1.50. The molecule has 2 aliphatic rings. The Labute approximate surface area is 253 Å². The first-order valence-electron chi connectivity index (χ1n) is 13.6. The van der Waals surface area contributed by atoms with Gasteiger partial charge in [0, 0.05) is 0 Å². The van der Waals surface area contributed by atoms with Crippen molar-refractivity contribution in [2.75, 3.05) is 0 Å². The van der Waals surface area contributed by atoms with Crippen LogP contribution in [0.15, 0.2) is 91.0 Å². The molecule has 8 bridgehead atoms. The average molecular weight is 618 g/mol. The summed E-state index contributed by atoms with van der Waals surface area (Å²) in [7, 11) is 0. The molecule has 11 nitrogen and oxygen atoms in total. The molecule has 9 rings (SSSR count). The molecule has 5 heterocycles. The van der Waals surface area contributed by atoms with Crippen LogP contribution in [-0.2, 0) is 14.9 Å². The standard InChI is InChI=1S/C32H17N8.Co.NO2/c1-2-10-18-17(9-1)25-33-26(18)38-28-21-13-5-6-14-22(21)30(35-28)40-32-24-16-8-7-15-23(24)31(36-32)39-29-20-12-4-3-11-19(20)27(34-29)37-25;;2-1-3/h1-15H,(H2,33,34,35,36,37,38,39,40);;. The molecule has 2 N–H and O–H groups in total. The molecule has 3 aromatic heterocycles. The molecule has 12 heteroatoms. The molecule has 0 saturated heterocycles. The van der Waals surface area contributed by atoms with Crippen LogP contribution in [0.5, 0.6) is 0 Å². The van der Waals surface area contributed by atoms with Crippen molar-refractivity contribution < 1.29 is 18.9 Å². The first kappa shape index (κ1) is 24.7. The van der Waals surface area contributed by atoms with Crippen molar-refractivity contribution >= 4 is 48.6 Å². The second kappa shape index (κ2) is 9.32. The molecule has 0 saturated carbocycles. The monoisotopic (exact) mass is 618 g/mol. The Hall–Kier alpha value is -5.85. The van der Waals surface area contributed by atoms with Crippen LogP contribution in [0.1, 0.15) is 0 Å². The van der Waals surface area contributed by atoms with E-state index in [2.05, 4.69) is 9.97 Å². The molecule has 7 aromatic rings. The number of H-pyrrole nitrogens is 2. The van der Waals surface area contributed by atoms with Crippen molar-refractivity contribution in [2.45, 2.75) is 0 Å². The van der Waals surface area contributed by atoms with Crippen LogP contribution in [0, 0.1) is 10.1 Å². The van der Waals surface area contributed by atoms with E-state index in [1.54, 1.807) is 12.1 Å². The Bertz CT molecular complexity index is 2530. The van der Waals surface area contributed by atoms with Gasteiger partial charge in [-0.2, -0.15) is 0 Å². The number of hydrogen-bond donors (Lipinski definition) is 2. The summed E-state index contributed by atoms with van der Waals surface area (Å²) in [4.78, 5) is 48.0. The van der Waals surface area contributed by atoms with E-state index in [9.17, 15) is 10.1 Å². The molecule has 211 valence electrons. The van der Waals surface area contributed by atoms with E-state index in [0.717, 1.165) is 33.0 Å². The molecule has 0 fully saturated rings. The molecule has 4 aromatic carbocycles. The van der Waals surface area contributed by atoms with E-state index < -0.39 is 0 Å². The number of aromatic amines is 2. The summed E-state index contributed by atoms with van der Waals surface area (Å²) in [6.07, 6.45) is 0. The van der Waals surface area contributed by atoms with E-state index in [1.807, 2.05) is 78.9 Å². The van der Waals surface area contributed by atoms with Crippen LogP contribution in [0.25, 0.3) is 89.7 Å². The quantitative estimate of drug-likeness (QED) is 0.183. The van der Waals surface area contributed by atoms with Gasteiger partial charge < -0.3 is 0 Å².